The van der Waals surface area contributed by atoms with E-state index in [0.717, 1.165) is 0 Å². The number of para-hydroxylation sites is 2. The van der Waals surface area contributed by atoms with Crippen molar-refractivity contribution in [2.75, 3.05) is 0 Å². The second-order valence-corrected chi connectivity index (χ2v) is 5.11. The summed E-state index contributed by atoms with van der Waals surface area (Å²) in [6.45, 7) is 0. The average Bonchev–Trinajstić information content (AvgIpc) is 2.96. The SMILES string of the molecule is O=C(O)c1c(-c2nc3ccccc3o2)c(=O)oc2cc(O)ccc12. The predicted molar refractivity (Wildman–Crippen MR) is 84.1 cm³/mol. The molecular formula is C17H9NO6. The number of hydrogen-bond acceptors (Lipinski definition) is 6. The molecule has 0 spiro atoms. The van der Waals surface area contributed by atoms with Gasteiger partial charge in [-0.1, -0.05) is 12.1 Å². The standard InChI is InChI=1S/C17H9NO6/c19-8-5-6-9-12(7-8)24-17(22)14(13(9)16(20)21)15-18-10-3-1-2-4-11(10)23-15/h1-7,19H,(H,20,21). The smallest absolute Gasteiger partial charge is 0.350 e. The Balaban J connectivity index is 2.12. The second kappa shape index (κ2) is 4.95. The van der Waals surface area contributed by atoms with E-state index in [1.54, 1.807) is 24.3 Å². The number of fused-ring (bicyclic) bond motifs is 2. The molecule has 0 fully saturated rings. The van der Waals surface area contributed by atoms with Crippen LogP contribution in [0.4, 0.5) is 0 Å². The zero-order chi connectivity index (χ0) is 16.8. The van der Waals surface area contributed by atoms with Gasteiger partial charge in [0, 0.05) is 11.5 Å². The molecule has 0 aliphatic heterocycles. The number of carboxylic acid groups (broad SMARTS) is 1. The highest BCUT2D eigenvalue weighted by molar-refractivity contribution is 6.07. The minimum absolute atomic E-state index is 0.0303. The summed E-state index contributed by atoms with van der Waals surface area (Å²) in [5.41, 5.74) is -0.568. The van der Waals surface area contributed by atoms with Crippen LogP contribution in [0.1, 0.15) is 10.4 Å². The number of hydrogen-bond donors (Lipinski definition) is 2. The van der Waals surface area contributed by atoms with E-state index in [0.29, 0.717) is 11.1 Å². The molecule has 0 aliphatic carbocycles. The number of aromatic carboxylic acids is 1. The highest BCUT2D eigenvalue weighted by Gasteiger charge is 2.25. The van der Waals surface area contributed by atoms with Crippen LogP contribution in [0.25, 0.3) is 33.5 Å². The van der Waals surface area contributed by atoms with Gasteiger partial charge >= 0.3 is 11.6 Å². The highest BCUT2D eigenvalue weighted by atomic mass is 16.4. The zero-order valence-electron chi connectivity index (χ0n) is 12.0. The quantitative estimate of drug-likeness (QED) is 0.545. The lowest BCUT2D eigenvalue weighted by Gasteiger charge is -2.05. The van der Waals surface area contributed by atoms with Gasteiger partial charge in [-0.2, -0.15) is 0 Å². The molecule has 2 N–H and O–H groups in total. The molecule has 0 saturated heterocycles. The van der Waals surface area contributed by atoms with Gasteiger partial charge in [-0.3, -0.25) is 0 Å². The molecule has 0 aliphatic rings. The van der Waals surface area contributed by atoms with Crippen LogP contribution in [0.5, 0.6) is 5.75 Å². The number of carboxylic acids is 1. The van der Waals surface area contributed by atoms with Gasteiger partial charge in [0.2, 0.25) is 5.89 Å². The first kappa shape index (κ1) is 14.0. The molecule has 7 heteroatoms. The van der Waals surface area contributed by atoms with Crippen molar-refractivity contribution in [2.45, 2.75) is 0 Å². The largest absolute Gasteiger partial charge is 0.508 e. The lowest BCUT2D eigenvalue weighted by Crippen LogP contribution is -2.12. The number of carbonyl (C=O) groups is 1. The molecule has 24 heavy (non-hydrogen) atoms. The third kappa shape index (κ3) is 2.03. The molecule has 2 aromatic heterocycles. The summed E-state index contributed by atoms with van der Waals surface area (Å²) in [4.78, 5) is 28.3. The molecule has 0 bridgehead atoms. The normalized spacial score (nSPS) is 11.2. The Bertz CT molecular complexity index is 1140. The second-order valence-electron chi connectivity index (χ2n) is 5.11. The third-order valence-electron chi connectivity index (χ3n) is 3.61. The van der Waals surface area contributed by atoms with Crippen molar-refractivity contribution in [1.29, 1.82) is 0 Å². The van der Waals surface area contributed by atoms with Crippen molar-refractivity contribution in [2.24, 2.45) is 0 Å². The van der Waals surface area contributed by atoms with E-state index in [4.69, 9.17) is 8.83 Å². The van der Waals surface area contributed by atoms with Crippen LogP contribution >= 0.6 is 0 Å². The van der Waals surface area contributed by atoms with Gasteiger partial charge in [0.25, 0.3) is 0 Å². The van der Waals surface area contributed by atoms with E-state index in [9.17, 15) is 19.8 Å². The first-order valence-electron chi connectivity index (χ1n) is 6.93. The van der Waals surface area contributed by atoms with Crippen LogP contribution in [0, 0.1) is 0 Å². The van der Waals surface area contributed by atoms with Crippen LogP contribution in [0.2, 0.25) is 0 Å². The van der Waals surface area contributed by atoms with Crippen molar-refractivity contribution < 1.29 is 23.8 Å². The Morgan fingerprint density at radius 2 is 1.83 bits per heavy atom. The van der Waals surface area contributed by atoms with E-state index >= 15 is 0 Å². The Labute approximate surface area is 133 Å². The first-order valence-corrected chi connectivity index (χ1v) is 6.93. The molecule has 0 atom stereocenters. The van der Waals surface area contributed by atoms with Crippen LogP contribution in [-0.2, 0) is 0 Å². The van der Waals surface area contributed by atoms with E-state index in [2.05, 4.69) is 4.98 Å². The number of phenolic OH excluding ortho intramolecular Hbond substituents is 1. The Morgan fingerprint density at radius 1 is 1.04 bits per heavy atom. The van der Waals surface area contributed by atoms with Crippen molar-refractivity contribution in [3.63, 3.8) is 0 Å². The first-order chi connectivity index (χ1) is 11.5. The predicted octanol–water partition coefficient (Wildman–Crippen LogP) is 3.01. The molecule has 0 radical (unpaired) electrons. The Morgan fingerprint density at radius 3 is 2.58 bits per heavy atom. The molecule has 4 rings (SSSR count). The van der Waals surface area contributed by atoms with Crippen LogP contribution in [0.15, 0.2) is 56.1 Å². The molecule has 0 saturated carbocycles. The average molecular weight is 323 g/mol. The summed E-state index contributed by atoms with van der Waals surface area (Å²) in [7, 11) is 0. The number of aromatic nitrogens is 1. The van der Waals surface area contributed by atoms with E-state index in [1.807, 2.05) is 0 Å². The molecule has 4 aromatic rings. The van der Waals surface area contributed by atoms with Gasteiger partial charge in [-0.25, -0.2) is 14.6 Å². The fourth-order valence-electron chi connectivity index (χ4n) is 2.59. The maximum Gasteiger partial charge on any atom is 0.350 e. The summed E-state index contributed by atoms with van der Waals surface area (Å²) in [5.74, 6) is -1.59. The minimum Gasteiger partial charge on any atom is -0.508 e. The highest BCUT2D eigenvalue weighted by Crippen LogP contribution is 2.30. The summed E-state index contributed by atoms with van der Waals surface area (Å²) in [6, 6.07) is 10.7. The van der Waals surface area contributed by atoms with Gasteiger partial charge in [0.15, 0.2) is 5.58 Å². The number of rotatable bonds is 2. The fraction of sp³-hybridized carbons (Fsp3) is 0. The van der Waals surface area contributed by atoms with Crippen molar-refractivity contribution in [3.05, 3.63) is 58.4 Å². The maximum absolute atomic E-state index is 12.3. The number of oxazole rings is 1. The lowest BCUT2D eigenvalue weighted by atomic mass is 10.0. The van der Waals surface area contributed by atoms with Crippen LogP contribution < -0.4 is 5.63 Å². The van der Waals surface area contributed by atoms with Crippen molar-refractivity contribution in [3.8, 4) is 17.2 Å². The summed E-state index contributed by atoms with van der Waals surface area (Å²) >= 11 is 0. The lowest BCUT2D eigenvalue weighted by molar-refractivity contribution is 0.0699. The van der Waals surface area contributed by atoms with E-state index < -0.39 is 11.6 Å². The van der Waals surface area contributed by atoms with Gasteiger partial charge in [0.1, 0.15) is 22.4 Å². The summed E-state index contributed by atoms with van der Waals surface area (Å²) in [6.07, 6.45) is 0. The van der Waals surface area contributed by atoms with E-state index in [-0.39, 0.29) is 33.7 Å². The third-order valence-corrected chi connectivity index (χ3v) is 3.61. The zero-order valence-corrected chi connectivity index (χ0v) is 12.0. The van der Waals surface area contributed by atoms with E-state index in [1.165, 1.54) is 18.2 Å². The number of nitrogens with zero attached hydrogens (tertiary/aromatic N) is 1. The fourth-order valence-corrected chi connectivity index (χ4v) is 2.59. The van der Waals surface area contributed by atoms with Gasteiger partial charge in [-0.15, -0.1) is 0 Å². The maximum atomic E-state index is 12.3. The van der Waals surface area contributed by atoms with Gasteiger partial charge in [0.05, 0.1) is 5.56 Å². The monoisotopic (exact) mass is 323 g/mol. The molecule has 0 unspecified atom stereocenters. The molecule has 0 amide bonds. The van der Waals surface area contributed by atoms with Gasteiger partial charge in [-0.05, 0) is 24.3 Å². The molecule has 118 valence electrons. The van der Waals surface area contributed by atoms with Crippen LogP contribution in [0.3, 0.4) is 0 Å². The molecule has 2 aromatic carbocycles. The molecule has 7 nitrogen and oxygen atoms in total. The van der Waals surface area contributed by atoms with Crippen molar-refractivity contribution in [1.82, 2.24) is 4.98 Å². The van der Waals surface area contributed by atoms with Gasteiger partial charge < -0.3 is 19.0 Å². The van der Waals surface area contributed by atoms with Crippen LogP contribution in [-0.4, -0.2) is 21.2 Å². The molecule has 2 heterocycles. The molecular weight excluding hydrogens is 314 g/mol. The Hall–Kier alpha value is -3.61. The number of benzene rings is 2. The Kier molecular flexibility index (Phi) is 2.89. The minimum atomic E-state index is -1.32. The summed E-state index contributed by atoms with van der Waals surface area (Å²) < 4.78 is 10.7. The van der Waals surface area contributed by atoms with Crippen molar-refractivity contribution >= 4 is 28.0 Å². The number of phenols is 1. The number of aromatic hydroxyl groups is 1. The summed E-state index contributed by atoms with van der Waals surface area (Å²) in [5, 5.41) is 19.2. The topological polar surface area (TPSA) is 114 Å².